The molecule has 1 atom stereocenters. The molecule has 0 bridgehead atoms. The minimum absolute atomic E-state index is 0.0691. The summed E-state index contributed by atoms with van der Waals surface area (Å²) in [6.45, 7) is 5.99. The van der Waals surface area contributed by atoms with Crippen LogP contribution in [0.25, 0.3) is 0 Å². The van der Waals surface area contributed by atoms with Crippen molar-refractivity contribution in [2.45, 2.75) is 26.8 Å². The Bertz CT molecular complexity index is 518. The Hall–Kier alpha value is -1.81. The molecule has 0 aliphatic carbocycles. The van der Waals surface area contributed by atoms with Crippen LogP contribution in [0.4, 0.5) is 5.69 Å². The van der Waals surface area contributed by atoms with Crippen LogP contribution in [-0.2, 0) is 6.54 Å². The third-order valence-corrected chi connectivity index (χ3v) is 3.81. The molecule has 4 heteroatoms. The molecule has 2 aromatic rings. The highest BCUT2D eigenvalue weighted by Gasteiger charge is 2.20. The first-order chi connectivity index (χ1) is 9.65. The van der Waals surface area contributed by atoms with E-state index in [1.165, 1.54) is 5.56 Å². The van der Waals surface area contributed by atoms with Crippen LogP contribution < -0.4 is 5.32 Å². The van der Waals surface area contributed by atoms with Crippen molar-refractivity contribution in [3.05, 3.63) is 48.5 Å². The van der Waals surface area contributed by atoms with Crippen LogP contribution >= 0.6 is 0 Å². The van der Waals surface area contributed by atoms with Gasteiger partial charge in [-0.15, -0.1) is 0 Å². The minimum atomic E-state index is -0.0691. The molecule has 1 aromatic carbocycles. The van der Waals surface area contributed by atoms with Gasteiger partial charge in [0.1, 0.15) is 0 Å². The summed E-state index contributed by atoms with van der Waals surface area (Å²) in [5, 5.41) is 12.9. The number of nitrogens with zero attached hydrogens (tertiary/aromatic N) is 2. The van der Waals surface area contributed by atoms with Crippen molar-refractivity contribution in [2.24, 2.45) is 5.41 Å². The van der Waals surface area contributed by atoms with Crippen molar-refractivity contribution in [2.75, 3.05) is 18.5 Å². The van der Waals surface area contributed by atoms with E-state index in [1.807, 2.05) is 17.1 Å². The summed E-state index contributed by atoms with van der Waals surface area (Å²) >= 11 is 0. The van der Waals surface area contributed by atoms with E-state index in [1.54, 1.807) is 6.20 Å². The highest BCUT2D eigenvalue weighted by molar-refractivity contribution is 5.46. The molecule has 0 spiro atoms. The predicted molar refractivity (Wildman–Crippen MR) is 81.7 cm³/mol. The number of aromatic nitrogens is 2. The van der Waals surface area contributed by atoms with Gasteiger partial charge in [0.2, 0.25) is 0 Å². The quantitative estimate of drug-likeness (QED) is 0.815. The fourth-order valence-electron chi connectivity index (χ4n) is 1.98. The molecule has 0 fully saturated rings. The molecule has 0 aliphatic heterocycles. The highest BCUT2D eigenvalue weighted by atomic mass is 16.3. The van der Waals surface area contributed by atoms with Gasteiger partial charge in [0.25, 0.3) is 0 Å². The lowest BCUT2D eigenvalue weighted by Gasteiger charge is -2.26. The van der Waals surface area contributed by atoms with Gasteiger partial charge in [-0.1, -0.05) is 26.0 Å². The summed E-state index contributed by atoms with van der Waals surface area (Å²) in [6, 6.07) is 8.37. The van der Waals surface area contributed by atoms with E-state index in [2.05, 4.69) is 48.4 Å². The summed E-state index contributed by atoms with van der Waals surface area (Å²) in [4.78, 5) is 4.05. The lowest BCUT2D eigenvalue weighted by Crippen LogP contribution is -2.29. The van der Waals surface area contributed by atoms with E-state index < -0.39 is 0 Å². The monoisotopic (exact) mass is 273 g/mol. The smallest absolute Gasteiger partial charge is 0.0949 e. The molecule has 0 aliphatic rings. The molecule has 108 valence electrons. The average molecular weight is 273 g/mol. The largest absolute Gasteiger partial charge is 0.396 e. The van der Waals surface area contributed by atoms with E-state index >= 15 is 0 Å². The van der Waals surface area contributed by atoms with Gasteiger partial charge in [-0.25, -0.2) is 4.98 Å². The number of imidazole rings is 1. The third-order valence-electron chi connectivity index (χ3n) is 3.81. The number of aliphatic hydroxyl groups is 1. The fourth-order valence-corrected chi connectivity index (χ4v) is 1.98. The van der Waals surface area contributed by atoms with Gasteiger partial charge in [-0.05, 0) is 24.1 Å². The van der Waals surface area contributed by atoms with Gasteiger partial charge in [-0.3, -0.25) is 0 Å². The Morgan fingerprint density at radius 3 is 2.90 bits per heavy atom. The number of hydrogen-bond acceptors (Lipinski definition) is 3. The Balaban J connectivity index is 1.99. The van der Waals surface area contributed by atoms with Crippen LogP contribution in [0.3, 0.4) is 0 Å². The second-order valence-corrected chi connectivity index (χ2v) is 5.61. The van der Waals surface area contributed by atoms with Gasteiger partial charge < -0.3 is 15.0 Å². The van der Waals surface area contributed by atoms with E-state index in [4.69, 9.17) is 0 Å². The van der Waals surface area contributed by atoms with Crippen LogP contribution in [-0.4, -0.2) is 27.8 Å². The van der Waals surface area contributed by atoms with Crippen molar-refractivity contribution in [1.82, 2.24) is 9.55 Å². The normalized spacial score (nSPS) is 13.9. The molecule has 2 rings (SSSR count). The molecule has 1 heterocycles. The number of aliphatic hydroxyl groups excluding tert-OH is 1. The topological polar surface area (TPSA) is 50.1 Å². The second kappa shape index (κ2) is 6.57. The third kappa shape index (κ3) is 3.84. The van der Waals surface area contributed by atoms with Crippen molar-refractivity contribution in [1.29, 1.82) is 0 Å². The van der Waals surface area contributed by atoms with Gasteiger partial charge in [0, 0.05) is 36.6 Å². The maximum Gasteiger partial charge on any atom is 0.0949 e. The second-order valence-electron chi connectivity index (χ2n) is 5.61. The maximum absolute atomic E-state index is 9.44. The Kier molecular flexibility index (Phi) is 4.79. The number of hydrogen-bond donors (Lipinski definition) is 2. The summed E-state index contributed by atoms with van der Waals surface area (Å²) in [5.41, 5.74) is 2.26. The molecule has 0 amide bonds. The summed E-state index contributed by atoms with van der Waals surface area (Å²) < 4.78 is 2.04. The molecular weight excluding hydrogens is 250 g/mol. The van der Waals surface area contributed by atoms with Crippen molar-refractivity contribution >= 4 is 5.69 Å². The van der Waals surface area contributed by atoms with Crippen LogP contribution in [0.5, 0.6) is 0 Å². The van der Waals surface area contributed by atoms with Gasteiger partial charge in [0.05, 0.1) is 12.9 Å². The molecule has 0 radical (unpaired) electrons. The maximum atomic E-state index is 9.44. The van der Waals surface area contributed by atoms with Gasteiger partial charge >= 0.3 is 0 Å². The summed E-state index contributed by atoms with van der Waals surface area (Å²) in [6.07, 6.45) is 6.52. The molecular formula is C16H23N3O. The van der Waals surface area contributed by atoms with Gasteiger partial charge in [0.15, 0.2) is 0 Å². The van der Waals surface area contributed by atoms with Crippen LogP contribution in [0.15, 0.2) is 43.0 Å². The Labute approximate surface area is 120 Å². The van der Waals surface area contributed by atoms with E-state index in [0.29, 0.717) is 0 Å². The zero-order chi connectivity index (χ0) is 14.4. The number of anilines is 1. The Morgan fingerprint density at radius 2 is 2.25 bits per heavy atom. The molecule has 1 unspecified atom stereocenters. The van der Waals surface area contributed by atoms with E-state index in [9.17, 15) is 5.11 Å². The lowest BCUT2D eigenvalue weighted by molar-refractivity contribution is 0.149. The van der Waals surface area contributed by atoms with Crippen molar-refractivity contribution in [3.8, 4) is 0 Å². The average Bonchev–Trinajstić information content (AvgIpc) is 2.98. The van der Waals surface area contributed by atoms with Gasteiger partial charge in [-0.2, -0.15) is 0 Å². The van der Waals surface area contributed by atoms with Crippen LogP contribution in [0.2, 0.25) is 0 Å². The summed E-state index contributed by atoms with van der Waals surface area (Å²) in [5.74, 6) is 0. The first-order valence-electron chi connectivity index (χ1n) is 7.04. The van der Waals surface area contributed by atoms with Crippen LogP contribution in [0.1, 0.15) is 25.8 Å². The minimum Gasteiger partial charge on any atom is -0.396 e. The molecule has 2 N–H and O–H groups in total. The molecule has 20 heavy (non-hydrogen) atoms. The molecule has 0 saturated carbocycles. The first kappa shape index (κ1) is 14.6. The van der Waals surface area contributed by atoms with Crippen molar-refractivity contribution in [3.63, 3.8) is 0 Å². The zero-order valence-electron chi connectivity index (χ0n) is 12.2. The molecule has 4 nitrogen and oxygen atoms in total. The first-order valence-corrected chi connectivity index (χ1v) is 7.04. The van der Waals surface area contributed by atoms with E-state index in [0.717, 1.165) is 25.2 Å². The van der Waals surface area contributed by atoms with Crippen LogP contribution in [0, 0.1) is 5.41 Å². The Morgan fingerprint density at radius 1 is 1.40 bits per heavy atom. The summed E-state index contributed by atoms with van der Waals surface area (Å²) in [7, 11) is 0. The highest BCUT2D eigenvalue weighted by Crippen LogP contribution is 2.21. The molecule has 1 aromatic heterocycles. The predicted octanol–water partition coefficient (Wildman–Crippen LogP) is 2.75. The molecule has 0 saturated heterocycles. The van der Waals surface area contributed by atoms with Crippen molar-refractivity contribution < 1.29 is 5.11 Å². The number of rotatable bonds is 7. The number of nitrogens with one attached hydrogen (secondary N) is 1. The lowest BCUT2D eigenvalue weighted by atomic mass is 9.88. The zero-order valence-corrected chi connectivity index (χ0v) is 12.2. The standard InChI is InChI=1S/C16H23N3O/c1-3-16(2,12-20)11-18-15-6-4-5-14(9-15)10-19-8-7-17-13-19/h4-9,13,18,20H,3,10-12H2,1-2H3. The van der Waals surface area contributed by atoms with E-state index in [-0.39, 0.29) is 12.0 Å². The number of benzene rings is 1. The SMILES string of the molecule is CCC(C)(CO)CNc1cccc(Cn2ccnc2)c1. The fraction of sp³-hybridized carbons (Fsp3) is 0.438.